The first-order valence-corrected chi connectivity index (χ1v) is 5.88. The third-order valence-electron chi connectivity index (χ3n) is 2.68. The number of amides is 2. The van der Waals surface area contributed by atoms with Gasteiger partial charge in [-0.15, -0.1) is 0 Å². The number of benzene rings is 1. The molecule has 0 bridgehead atoms. The molecule has 4 N–H and O–H groups in total. The van der Waals surface area contributed by atoms with Crippen LogP contribution >= 0.6 is 0 Å². The van der Waals surface area contributed by atoms with Crippen molar-refractivity contribution in [1.82, 2.24) is 4.98 Å². The Morgan fingerprint density at radius 1 is 1.20 bits per heavy atom. The Hall–Kier alpha value is -2.89. The standard InChI is InChI=1S/C14H13N3O3/c1-8-6-9(7-12(18)16-8)14(20)17-11-5-3-2-4-10(11)13(15)19/h2-7H,1H3,(H2,15,19)(H,16,18)(H,17,20). The number of aryl methyl sites for hydroxylation is 1. The lowest BCUT2D eigenvalue weighted by molar-refractivity contribution is 0.100. The number of carbonyl (C=O) groups is 2. The second-order valence-electron chi connectivity index (χ2n) is 4.28. The minimum absolute atomic E-state index is 0.211. The molecule has 2 aromatic rings. The summed E-state index contributed by atoms with van der Waals surface area (Å²) in [5, 5.41) is 2.57. The average molecular weight is 271 g/mol. The van der Waals surface area contributed by atoms with Gasteiger partial charge in [0.1, 0.15) is 0 Å². The number of anilines is 1. The smallest absolute Gasteiger partial charge is 0.255 e. The molecular weight excluding hydrogens is 258 g/mol. The van der Waals surface area contributed by atoms with E-state index in [9.17, 15) is 14.4 Å². The van der Waals surface area contributed by atoms with Crippen LogP contribution in [0, 0.1) is 6.92 Å². The number of para-hydroxylation sites is 1. The zero-order chi connectivity index (χ0) is 14.7. The highest BCUT2D eigenvalue weighted by molar-refractivity contribution is 6.08. The first kappa shape index (κ1) is 13.5. The predicted octanol–water partition coefficient (Wildman–Crippen LogP) is 1.03. The number of aromatic nitrogens is 1. The third kappa shape index (κ3) is 2.92. The molecule has 0 aliphatic carbocycles. The average Bonchev–Trinajstić information content (AvgIpc) is 2.37. The number of carbonyl (C=O) groups excluding carboxylic acids is 2. The van der Waals surface area contributed by atoms with Crippen molar-refractivity contribution >= 4 is 17.5 Å². The monoisotopic (exact) mass is 271 g/mol. The zero-order valence-electron chi connectivity index (χ0n) is 10.8. The van der Waals surface area contributed by atoms with Gasteiger partial charge in [-0.25, -0.2) is 0 Å². The van der Waals surface area contributed by atoms with Gasteiger partial charge in [0.15, 0.2) is 0 Å². The molecule has 102 valence electrons. The molecule has 6 nitrogen and oxygen atoms in total. The highest BCUT2D eigenvalue weighted by Crippen LogP contribution is 2.15. The minimum atomic E-state index is -0.636. The molecule has 0 aliphatic rings. The van der Waals surface area contributed by atoms with Crippen LogP contribution < -0.4 is 16.6 Å². The Balaban J connectivity index is 2.33. The summed E-state index contributed by atoms with van der Waals surface area (Å²) in [4.78, 5) is 37.2. The first-order chi connectivity index (χ1) is 9.47. The molecule has 1 aromatic heterocycles. The largest absolute Gasteiger partial charge is 0.366 e. The fraction of sp³-hybridized carbons (Fsp3) is 0.0714. The summed E-state index contributed by atoms with van der Waals surface area (Å²) in [6.07, 6.45) is 0. The van der Waals surface area contributed by atoms with Crippen molar-refractivity contribution < 1.29 is 9.59 Å². The lowest BCUT2D eigenvalue weighted by Gasteiger charge is -2.08. The van der Waals surface area contributed by atoms with Crippen LogP contribution in [0.25, 0.3) is 0 Å². The number of primary amides is 1. The fourth-order valence-corrected chi connectivity index (χ4v) is 1.82. The van der Waals surface area contributed by atoms with Crippen molar-refractivity contribution in [3.05, 3.63) is 63.6 Å². The van der Waals surface area contributed by atoms with Crippen LogP contribution in [0.4, 0.5) is 5.69 Å². The van der Waals surface area contributed by atoms with E-state index in [0.717, 1.165) is 0 Å². The summed E-state index contributed by atoms with van der Waals surface area (Å²) >= 11 is 0. The van der Waals surface area contributed by atoms with Crippen LogP contribution in [0.5, 0.6) is 0 Å². The maximum absolute atomic E-state index is 12.1. The first-order valence-electron chi connectivity index (χ1n) is 5.88. The maximum Gasteiger partial charge on any atom is 0.255 e. The van der Waals surface area contributed by atoms with Gasteiger partial charge in [0.05, 0.1) is 11.3 Å². The molecule has 0 radical (unpaired) electrons. The number of nitrogens with two attached hydrogens (primary N) is 1. The van der Waals surface area contributed by atoms with E-state index in [4.69, 9.17) is 5.73 Å². The fourth-order valence-electron chi connectivity index (χ4n) is 1.82. The Kier molecular flexibility index (Phi) is 3.65. The minimum Gasteiger partial charge on any atom is -0.366 e. The lowest BCUT2D eigenvalue weighted by Crippen LogP contribution is -2.20. The Morgan fingerprint density at radius 3 is 2.55 bits per heavy atom. The molecule has 2 rings (SSSR count). The van der Waals surface area contributed by atoms with Crippen LogP contribution in [-0.2, 0) is 0 Å². The highest BCUT2D eigenvalue weighted by atomic mass is 16.2. The molecular formula is C14H13N3O3. The molecule has 6 heteroatoms. The van der Waals surface area contributed by atoms with Crippen LogP contribution in [0.1, 0.15) is 26.4 Å². The number of hydrogen-bond acceptors (Lipinski definition) is 3. The summed E-state index contributed by atoms with van der Waals surface area (Å²) in [6, 6.07) is 9.13. The maximum atomic E-state index is 12.1. The zero-order valence-corrected chi connectivity index (χ0v) is 10.8. The van der Waals surface area contributed by atoms with E-state index in [0.29, 0.717) is 11.4 Å². The molecule has 0 spiro atoms. The second-order valence-corrected chi connectivity index (χ2v) is 4.28. The van der Waals surface area contributed by atoms with Gasteiger partial charge in [-0.05, 0) is 25.1 Å². The molecule has 0 aliphatic heterocycles. The third-order valence-corrected chi connectivity index (χ3v) is 2.68. The van der Waals surface area contributed by atoms with Gasteiger partial charge in [0.2, 0.25) is 5.56 Å². The van der Waals surface area contributed by atoms with Gasteiger partial charge in [-0.3, -0.25) is 14.4 Å². The molecule has 0 unspecified atom stereocenters. The molecule has 0 saturated carbocycles. The van der Waals surface area contributed by atoms with E-state index in [-0.39, 0.29) is 16.7 Å². The summed E-state index contributed by atoms with van der Waals surface area (Å²) in [6.45, 7) is 1.68. The Bertz CT molecular complexity index is 734. The lowest BCUT2D eigenvalue weighted by atomic mass is 10.1. The van der Waals surface area contributed by atoms with E-state index in [1.54, 1.807) is 31.2 Å². The molecule has 0 fully saturated rings. The summed E-state index contributed by atoms with van der Waals surface area (Å²) in [5.41, 5.74) is 6.18. The molecule has 1 aromatic carbocycles. The second kappa shape index (κ2) is 5.40. The molecule has 20 heavy (non-hydrogen) atoms. The Labute approximate surface area is 114 Å². The van der Waals surface area contributed by atoms with E-state index in [2.05, 4.69) is 10.3 Å². The van der Waals surface area contributed by atoms with Crippen molar-refractivity contribution in [3.63, 3.8) is 0 Å². The quantitative estimate of drug-likeness (QED) is 0.776. The SMILES string of the molecule is Cc1cc(C(=O)Nc2ccccc2C(N)=O)cc(=O)[nH]1. The number of hydrogen-bond donors (Lipinski definition) is 3. The molecule has 2 amide bonds. The van der Waals surface area contributed by atoms with Gasteiger partial charge < -0.3 is 16.0 Å². The number of nitrogens with one attached hydrogen (secondary N) is 2. The van der Waals surface area contributed by atoms with Crippen LogP contribution in [0.2, 0.25) is 0 Å². The summed E-state index contributed by atoms with van der Waals surface area (Å²) < 4.78 is 0. The van der Waals surface area contributed by atoms with Crippen molar-refractivity contribution in [1.29, 1.82) is 0 Å². The van der Waals surface area contributed by atoms with Gasteiger partial charge in [0, 0.05) is 17.3 Å². The molecule has 1 heterocycles. The van der Waals surface area contributed by atoms with Crippen LogP contribution in [0.3, 0.4) is 0 Å². The Morgan fingerprint density at radius 2 is 1.90 bits per heavy atom. The van der Waals surface area contributed by atoms with Crippen molar-refractivity contribution in [2.24, 2.45) is 5.73 Å². The van der Waals surface area contributed by atoms with Crippen LogP contribution in [-0.4, -0.2) is 16.8 Å². The topological polar surface area (TPSA) is 105 Å². The van der Waals surface area contributed by atoms with E-state index < -0.39 is 11.8 Å². The highest BCUT2D eigenvalue weighted by Gasteiger charge is 2.12. The summed E-state index contributed by atoms with van der Waals surface area (Å²) in [5.74, 6) is -1.11. The number of aromatic amines is 1. The van der Waals surface area contributed by atoms with Gasteiger partial charge in [-0.1, -0.05) is 12.1 Å². The van der Waals surface area contributed by atoms with E-state index >= 15 is 0 Å². The van der Waals surface area contributed by atoms with Gasteiger partial charge in [0.25, 0.3) is 11.8 Å². The van der Waals surface area contributed by atoms with Crippen molar-refractivity contribution in [2.45, 2.75) is 6.92 Å². The normalized spacial score (nSPS) is 10.1. The van der Waals surface area contributed by atoms with Gasteiger partial charge >= 0.3 is 0 Å². The predicted molar refractivity (Wildman–Crippen MR) is 74.7 cm³/mol. The van der Waals surface area contributed by atoms with E-state index in [1.165, 1.54) is 12.1 Å². The number of pyridine rings is 1. The van der Waals surface area contributed by atoms with Gasteiger partial charge in [-0.2, -0.15) is 0 Å². The van der Waals surface area contributed by atoms with E-state index in [1.807, 2.05) is 0 Å². The number of rotatable bonds is 3. The number of H-pyrrole nitrogens is 1. The molecule has 0 saturated heterocycles. The van der Waals surface area contributed by atoms with Crippen LogP contribution in [0.15, 0.2) is 41.2 Å². The van der Waals surface area contributed by atoms with Crippen molar-refractivity contribution in [2.75, 3.05) is 5.32 Å². The molecule has 0 atom stereocenters. The van der Waals surface area contributed by atoms with Crippen molar-refractivity contribution in [3.8, 4) is 0 Å². The summed E-state index contributed by atoms with van der Waals surface area (Å²) in [7, 11) is 0.